The van der Waals surface area contributed by atoms with Crippen molar-refractivity contribution >= 4 is 0 Å². The average molecular weight is 254 g/mol. The minimum atomic E-state index is -0.733. The molecule has 0 amide bonds. The van der Waals surface area contributed by atoms with Crippen LogP contribution in [0.4, 0.5) is 8.78 Å². The first-order valence-corrected chi connectivity index (χ1v) is 5.73. The summed E-state index contributed by atoms with van der Waals surface area (Å²) in [6.45, 7) is 3.50. The molecule has 0 aromatic heterocycles. The molecule has 98 valence electrons. The van der Waals surface area contributed by atoms with Crippen LogP contribution in [0.5, 0.6) is 0 Å². The minimum Gasteiger partial charge on any atom is -0.393 e. The molecule has 18 heavy (non-hydrogen) atoms. The van der Waals surface area contributed by atoms with Gasteiger partial charge in [0.1, 0.15) is 11.6 Å². The number of aliphatic hydroxyl groups excluding tert-OH is 1. The Morgan fingerprint density at radius 3 is 2.33 bits per heavy atom. The number of nitrogens with zero attached hydrogens (tertiary/aromatic N) is 1. The largest absolute Gasteiger partial charge is 0.393 e. The van der Waals surface area contributed by atoms with Crippen molar-refractivity contribution in [3.63, 3.8) is 0 Å². The van der Waals surface area contributed by atoms with Gasteiger partial charge in [-0.2, -0.15) is 5.26 Å². The molecule has 0 aliphatic rings. The molecule has 0 aliphatic heterocycles. The Hall–Kier alpha value is -1.51. The van der Waals surface area contributed by atoms with Crippen LogP contribution in [0, 0.1) is 23.0 Å². The molecular formula is C13H16F2N2O. The summed E-state index contributed by atoms with van der Waals surface area (Å²) in [6.07, 6.45) is 0.0302. The Balaban J connectivity index is 2.71. The third-order valence-electron chi connectivity index (χ3n) is 2.59. The molecule has 0 radical (unpaired) electrons. The highest BCUT2D eigenvalue weighted by Crippen LogP contribution is 2.15. The van der Waals surface area contributed by atoms with Gasteiger partial charge in [-0.3, -0.25) is 0 Å². The summed E-state index contributed by atoms with van der Waals surface area (Å²) in [5.41, 5.74) is -0.128. The first-order chi connectivity index (χ1) is 8.43. The van der Waals surface area contributed by atoms with E-state index in [9.17, 15) is 13.9 Å². The molecule has 1 aromatic carbocycles. The molecule has 1 aromatic rings. The molecule has 1 rings (SSSR count). The van der Waals surface area contributed by atoms with E-state index in [4.69, 9.17) is 5.26 Å². The molecule has 0 saturated heterocycles. The van der Waals surface area contributed by atoms with Gasteiger partial charge in [0.2, 0.25) is 0 Å². The van der Waals surface area contributed by atoms with E-state index in [1.807, 2.05) is 6.92 Å². The van der Waals surface area contributed by atoms with Crippen molar-refractivity contribution in [3.05, 3.63) is 34.9 Å². The van der Waals surface area contributed by atoms with Gasteiger partial charge in [0.25, 0.3) is 0 Å². The van der Waals surface area contributed by atoms with Gasteiger partial charge in [0.15, 0.2) is 0 Å². The third-order valence-corrected chi connectivity index (χ3v) is 2.59. The van der Waals surface area contributed by atoms with Gasteiger partial charge in [-0.05, 0) is 32.4 Å². The second-order valence-corrected chi connectivity index (χ2v) is 4.40. The zero-order valence-electron chi connectivity index (χ0n) is 10.4. The van der Waals surface area contributed by atoms with Gasteiger partial charge in [0.05, 0.1) is 17.7 Å². The van der Waals surface area contributed by atoms with Crippen molar-refractivity contribution in [2.24, 2.45) is 0 Å². The topological polar surface area (TPSA) is 56.0 Å². The lowest BCUT2D eigenvalue weighted by atomic mass is 10.1. The van der Waals surface area contributed by atoms with Crippen molar-refractivity contribution in [1.82, 2.24) is 5.32 Å². The third kappa shape index (κ3) is 4.06. The van der Waals surface area contributed by atoms with E-state index in [1.165, 1.54) is 0 Å². The summed E-state index contributed by atoms with van der Waals surface area (Å²) >= 11 is 0. The predicted octanol–water partition coefficient (Wildman–Crippen LogP) is 2.09. The standard InChI is InChI=1S/C13H16F2N2O/c1-8(3-9(2)18)17-7-11-12(14)4-10(6-16)5-13(11)15/h4-5,8-9,17-18H,3,7H2,1-2H3. The fraction of sp³-hybridized carbons (Fsp3) is 0.462. The summed E-state index contributed by atoms with van der Waals surface area (Å²) < 4.78 is 27.1. The van der Waals surface area contributed by atoms with Crippen LogP contribution in [0.1, 0.15) is 31.4 Å². The number of benzene rings is 1. The van der Waals surface area contributed by atoms with Gasteiger partial charge in [0, 0.05) is 18.2 Å². The average Bonchev–Trinajstić information content (AvgIpc) is 2.26. The minimum absolute atomic E-state index is 0.0251. The molecule has 2 N–H and O–H groups in total. The van der Waals surface area contributed by atoms with Crippen molar-refractivity contribution in [3.8, 4) is 6.07 Å². The monoisotopic (exact) mass is 254 g/mol. The number of nitriles is 1. The van der Waals surface area contributed by atoms with E-state index < -0.39 is 17.7 Å². The Kier molecular flexibility index (Phi) is 5.20. The fourth-order valence-corrected chi connectivity index (χ4v) is 1.71. The molecule has 2 unspecified atom stereocenters. The molecule has 0 saturated carbocycles. The SMILES string of the molecule is CC(O)CC(C)NCc1c(F)cc(C#N)cc1F. The molecule has 0 heterocycles. The summed E-state index contributed by atoms with van der Waals surface area (Å²) in [7, 11) is 0. The van der Waals surface area contributed by atoms with E-state index in [1.54, 1.807) is 13.0 Å². The molecule has 0 aliphatic carbocycles. The number of hydrogen-bond acceptors (Lipinski definition) is 3. The van der Waals surface area contributed by atoms with Gasteiger partial charge < -0.3 is 10.4 Å². The van der Waals surface area contributed by atoms with Crippen molar-refractivity contribution in [1.29, 1.82) is 5.26 Å². The molecule has 5 heteroatoms. The molecule has 0 fully saturated rings. The highest BCUT2D eigenvalue weighted by Gasteiger charge is 2.13. The molecule has 0 bridgehead atoms. The van der Waals surface area contributed by atoms with E-state index in [0.717, 1.165) is 12.1 Å². The van der Waals surface area contributed by atoms with Gasteiger partial charge >= 0.3 is 0 Å². The zero-order chi connectivity index (χ0) is 13.7. The summed E-state index contributed by atoms with van der Waals surface area (Å²) in [6, 6.07) is 3.66. The van der Waals surface area contributed by atoms with Crippen LogP contribution in [0.3, 0.4) is 0 Å². The first kappa shape index (κ1) is 14.6. The van der Waals surface area contributed by atoms with Crippen LogP contribution in [-0.4, -0.2) is 17.3 Å². The van der Waals surface area contributed by atoms with E-state index >= 15 is 0 Å². The number of hydrogen-bond donors (Lipinski definition) is 2. The Morgan fingerprint density at radius 1 is 1.33 bits per heavy atom. The van der Waals surface area contributed by atoms with Gasteiger partial charge in [-0.25, -0.2) is 8.78 Å². The summed E-state index contributed by atoms with van der Waals surface area (Å²) in [4.78, 5) is 0. The maximum absolute atomic E-state index is 13.5. The van der Waals surface area contributed by atoms with Gasteiger partial charge in [-0.1, -0.05) is 0 Å². The second-order valence-electron chi connectivity index (χ2n) is 4.40. The van der Waals surface area contributed by atoms with Crippen molar-refractivity contribution in [2.45, 2.75) is 39.0 Å². The first-order valence-electron chi connectivity index (χ1n) is 5.73. The van der Waals surface area contributed by atoms with E-state index in [2.05, 4.69) is 5.32 Å². The van der Waals surface area contributed by atoms with Crippen LogP contribution in [-0.2, 0) is 6.54 Å². The smallest absolute Gasteiger partial charge is 0.131 e. The fourth-order valence-electron chi connectivity index (χ4n) is 1.71. The van der Waals surface area contributed by atoms with Crippen LogP contribution < -0.4 is 5.32 Å². The number of halogens is 2. The Morgan fingerprint density at radius 2 is 1.89 bits per heavy atom. The normalized spacial score (nSPS) is 14.0. The maximum atomic E-state index is 13.5. The molecular weight excluding hydrogens is 238 g/mol. The van der Waals surface area contributed by atoms with Crippen LogP contribution in [0.15, 0.2) is 12.1 Å². The van der Waals surface area contributed by atoms with Crippen LogP contribution in [0.2, 0.25) is 0 Å². The summed E-state index contributed by atoms with van der Waals surface area (Å²) in [5.74, 6) is -1.47. The zero-order valence-corrected chi connectivity index (χ0v) is 10.4. The van der Waals surface area contributed by atoms with Gasteiger partial charge in [-0.15, -0.1) is 0 Å². The lowest BCUT2D eigenvalue weighted by molar-refractivity contribution is 0.170. The second kappa shape index (κ2) is 6.43. The highest BCUT2D eigenvalue weighted by atomic mass is 19.1. The lowest BCUT2D eigenvalue weighted by Crippen LogP contribution is -2.29. The summed E-state index contributed by atoms with van der Waals surface area (Å²) in [5, 5.41) is 20.7. The van der Waals surface area contributed by atoms with E-state index in [-0.39, 0.29) is 23.7 Å². The van der Waals surface area contributed by atoms with E-state index in [0.29, 0.717) is 6.42 Å². The predicted molar refractivity (Wildman–Crippen MR) is 63.7 cm³/mol. The quantitative estimate of drug-likeness (QED) is 0.846. The number of nitrogens with one attached hydrogen (secondary N) is 1. The van der Waals surface area contributed by atoms with Crippen molar-refractivity contribution in [2.75, 3.05) is 0 Å². The molecule has 3 nitrogen and oxygen atoms in total. The maximum Gasteiger partial charge on any atom is 0.131 e. The van der Waals surface area contributed by atoms with Crippen LogP contribution in [0.25, 0.3) is 0 Å². The molecule has 2 atom stereocenters. The Labute approximate surface area is 105 Å². The Bertz CT molecular complexity index is 432. The lowest BCUT2D eigenvalue weighted by Gasteiger charge is -2.16. The number of aliphatic hydroxyl groups is 1. The molecule has 0 spiro atoms. The van der Waals surface area contributed by atoms with Crippen molar-refractivity contribution < 1.29 is 13.9 Å². The van der Waals surface area contributed by atoms with Crippen LogP contribution >= 0.6 is 0 Å². The highest BCUT2D eigenvalue weighted by molar-refractivity contribution is 5.34. The number of rotatable bonds is 5.